The van der Waals surface area contributed by atoms with E-state index < -0.39 is 0 Å². The number of thioether (sulfide) groups is 1. The first kappa shape index (κ1) is 10.8. The standard InChI is InChI=1S/C13H17NOS2/c15-11-7-17-12(16)14(11)13-4-8-1-9(5-13)3-10(2-8)6-13/h8-10H,1-7H2. The van der Waals surface area contributed by atoms with Gasteiger partial charge in [-0.1, -0.05) is 24.0 Å². The molecule has 0 N–H and O–H groups in total. The first-order valence-corrected chi connectivity index (χ1v) is 8.05. The van der Waals surface area contributed by atoms with Crippen molar-refractivity contribution in [3.63, 3.8) is 0 Å². The summed E-state index contributed by atoms with van der Waals surface area (Å²) in [6.45, 7) is 0. The third-order valence-electron chi connectivity index (χ3n) is 5.23. The van der Waals surface area contributed by atoms with Crippen LogP contribution in [0.5, 0.6) is 0 Å². The molecule has 1 saturated heterocycles. The van der Waals surface area contributed by atoms with Crippen molar-refractivity contribution in [1.82, 2.24) is 4.90 Å². The fourth-order valence-corrected chi connectivity index (χ4v) is 6.42. The Kier molecular flexibility index (Phi) is 2.21. The third kappa shape index (κ3) is 1.46. The number of hydrogen-bond acceptors (Lipinski definition) is 3. The second kappa shape index (κ2) is 3.47. The van der Waals surface area contributed by atoms with Crippen molar-refractivity contribution in [3.05, 3.63) is 0 Å². The molecule has 4 heteroatoms. The number of amides is 1. The first-order valence-electron chi connectivity index (χ1n) is 6.66. The summed E-state index contributed by atoms with van der Waals surface area (Å²) in [5.74, 6) is 3.50. The number of rotatable bonds is 1. The van der Waals surface area contributed by atoms with Crippen LogP contribution < -0.4 is 0 Å². The maximum absolute atomic E-state index is 12.1. The molecule has 5 fully saturated rings. The van der Waals surface area contributed by atoms with E-state index in [-0.39, 0.29) is 11.4 Å². The van der Waals surface area contributed by atoms with Gasteiger partial charge < -0.3 is 0 Å². The largest absolute Gasteiger partial charge is 0.291 e. The van der Waals surface area contributed by atoms with Gasteiger partial charge in [0, 0.05) is 5.54 Å². The van der Waals surface area contributed by atoms with Gasteiger partial charge in [-0.2, -0.15) is 0 Å². The molecule has 5 rings (SSSR count). The highest BCUT2D eigenvalue weighted by molar-refractivity contribution is 8.23. The van der Waals surface area contributed by atoms with Gasteiger partial charge >= 0.3 is 0 Å². The molecule has 4 bridgehead atoms. The van der Waals surface area contributed by atoms with Gasteiger partial charge in [-0.3, -0.25) is 9.69 Å². The monoisotopic (exact) mass is 267 g/mol. The van der Waals surface area contributed by atoms with E-state index in [9.17, 15) is 4.79 Å². The van der Waals surface area contributed by atoms with E-state index in [4.69, 9.17) is 12.2 Å². The van der Waals surface area contributed by atoms with Gasteiger partial charge in [-0.15, -0.1) is 0 Å². The molecule has 0 spiro atoms. The third-order valence-corrected chi connectivity index (χ3v) is 6.59. The highest BCUT2D eigenvalue weighted by Crippen LogP contribution is 2.58. The summed E-state index contributed by atoms with van der Waals surface area (Å²) in [7, 11) is 0. The van der Waals surface area contributed by atoms with Crippen molar-refractivity contribution in [2.75, 3.05) is 5.75 Å². The lowest BCUT2D eigenvalue weighted by atomic mass is 9.52. The molecular weight excluding hydrogens is 250 g/mol. The summed E-state index contributed by atoms with van der Waals surface area (Å²) in [6.07, 6.45) is 7.94. The molecule has 4 aliphatic carbocycles. The SMILES string of the molecule is O=C1CSC(=S)N1C12CC3CC(CC(C3)C1)C2. The number of carbonyl (C=O) groups is 1. The molecule has 1 heterocycles. The van der Waals surface area contributed by atoms with Crippen LogP contribution in [0.15, 0.2) is 0 Å². The molecule has 0 aromatic carbocycles. The summed E-state index contributed by atoms with van der Waals surface area (Å²) in [4.78, 5) is 14.2. The quantitative estimate of drug-likeness (QED) is 0.681. The van der Waals surface area contributed by atoms with Crippen LogP contribution in [0.4, 0.5) is 0 Å². The molecule has 0 unspecified atom stereocenters. The van der Waals surface area contributed by atoms with Crippen LogP contribution in [0, 0.1) is 17.8 Å². The first-order chi connectivity index (χ1) is 8.16. The van der Waals surface area contributed by atoms with Crippen LogP contribution in [0.3, 0.4) is 0 Å². The number of carbonyl (C=O) groups excluding carboxylic acids is 1. The molecule has 17 heavy (non-hydrogen) atoms. The molecule has 0 aromatic rings. The van der Waals surface area contributed by atoms with Gasteiger partial charge in [0.05, 0.1) is 5.75 Å². The summed E-state index contributed by atoms with van der Waals surface area (Å²) in [5, 5.41) is 0. The Hall–Kier alpha value is -0.0900. The van der Waals surface area contributed by atoms with Crippen LogP contribution in [0.25, 0.3) is 0 Å². The van der Waals surface area contributed by atoms with E-state index in [2.05, 4.69) is 0 Å². The maximum Gasteiger partial charge on any atom is 0.238 e. The minimum absolute atomic E-state index is 0.145. The van der Waals surface area contributed by atoms with Crippen LogP contribution >= 0.6 is 24.0 Å². The van der Waals surface area contributed by atoms with E-state index in [0.29, 0.717) is 5.75 Å². The second-order valence-corrected chi connectivity index (χ2v) is 8.03. The van der Waals surface area contributed by atoms with Crippen molar-refractivity contribution >= 4 is 34.2 Å². The molecular formula is C13H17NOS2. The molecule has 4 saturated carbocycles. The highest BCUT2D eigenvalue weighted by atomic mass is 32.2. The lowest BCUT2D eigenvalue weighted by Gasteiger charge is -2.59. The van der Waals surface area contributed by atoms with Gasteiger partial charge in [0.25, 0.3) is 0 Å². The average Bonchev–Trinajstić information content (AvgIpc) is 2.56. The highest BCUT2D eigenvalue weighted by Gasteiger charge is 2.56. The normalized spacial score (nSPS) is 48.2. The van der Waals surface area contributed by atoms with E-state index in [1.165, 1.54) is 38.5 Å². The number of nitrogens with zero attached hydrogens (tertiary/aromatic N) is 1. The van der Waals surface area contributed by atoms with Gasteiger partial charge in [0.15, 0.2) is 0 Å². The molecule has 1 aliphatic heterocycles. The minimum Gasteiger partial charge on any atom is -0.291 e. The van der Waals surface area contributed by atoms with Crippen LogP contribution in [0.2, 0.25) is 0 Å². The molecule has 0 atom stereocenters. The zero-order valence-electron chi connectivity index (χ0n) is 9.85. The van der Waals surface area contributed by atoms with E-state index >= 15 is 0 Å². The minimum atomic E-state index is 0.145. The zero-order chi connectivity index (χ0) is 11.6. The Morgan fingerprint density at radius 2 is 1.65 bits per heavy atom. The van der Waals surface area contributed by atoms with Crippen LogP contribution in [-0.4, -0.2) is 26.4 Å². The number of thiocarbonyl (C=S) groups is 1. The van der Waals surface area contributed by atoms with Crippen molar-refractivity contribution < 1.29 is 4.79 Å². The Morgan fingerprint density at radius 3 is 2.06 bits per heavy atom. The van der Waals surface area contributed by atoms with E-state index in [0.717, 1.165) is 22.1 Å². The Morgan fingerprint density at radius 1 is 1.12 bits per heavy atom. The number of hydrogen-bond donors (Lipinski definition) is 0. The van der Waals surface area contributed by atoms with E-state index in [1.807, 2.05) is 4.90 Å². The van der Waals surface area contributed by atoms with Gasteiger partial charge in [-0.25, -0.2) is 0 Å². The van der Waals surface area contributed by atoms with Gasteiger partial charge in [0.1, 0.15) is 4.32 Å². The van der Waals surface area contributed by atoms with E-state index in [1.54, 1.807) is 11.8 Å². The van der Waals surface area contributed by atoms with Crippen molar-refractivity contribution in [3.8, 4) is 0 Å². The van der Waals surface area contributed by atoms with Crippen molar-refractivity contribution in [1.29, 1.82) is 0 Å². The van der Waals surface area contributed by atoms with Crippen molar-refractivity contribution in [2.45, 2.75) is 44.1 Å². The molecule has 92 valence electrons. The molecule has 1 amide bonds. The Bertz CT molecular complexity index is 355. The lowest BCUT2D eigenvalue weighted by molar-refractivity contribution is -0.136. The summed E-state index contributed by atoms with van der Waals surface area (Å²) in [6, 6.07) is 0. The predicted octanol–water partition coefficient (Wildman–Crippen LogP) is 2.82. The second-order valence-electron chi connectivity index (χ2n) is 6.43. The molecule has 0 radical (unpaired) electrons. The van der Waals surface area contributed by atoms with Gasteiger partial charge in [-0.05, 0) is 56.3 Å². The lowest BCUT2D eigenvalue weighted by Crippen LogP contribution is -2.61. The Labute approximate surface area is 111 Å². The Balaban J connectivity index is 1.72. The molecule has 0 aromatic heterocycles. The summed E-state index contributed by atoms with van der Waals surface area (Å²) >= 11 is 6.99. The summed E-state index contributed by atoms with van der Waals surface area (Å²) < 4.78 is 0.858. The molecule has 2 nitrogen and oxygen atoms in total. The molecule has 5 aliphatic rings. The maximum atomic E-state index is 12.1. The van der Waals surface area contributed by atoms with Gasteiger partial charge in [0.2, 0.25) is 5.91 Å². The zero-order valence-corrected chi connectivity index (χ0v) is 11.5. The fourth-order valence-electron chi connectivity index (χ4n) is 5.15. The van der Waals surface area contributed by atoms with Crippen LogP contribution in [0.1, 0.15) is 38.5 Å². The fraction of sp³-hybridized carbons (Fsp3) is 0.846. The summed E-state index contributed by atoms with van der Waals surface area (Å²) in [5.41, 5.74) is 0.145. The van der Waals surface area contributed by atoms with Crippen molar-refractivity contribution in [2.24, 2.45) is 17.8 Å². The topological polar surface area (TPSA) is 20.3 Å². The predicted molar refractivity (Wildman–Crippen MR) is 72.8 cm³/mol. The smallest absolute Gasteiger partial charge is 0.238 e. The average molecular weight is 267 g/mol. The van der Waals surface area contributed by atoms with Crippen LogP contribution in [-0.2, 0) is 4.79 Å².